The van der Waals surface area contributed by atoms with E-state index in [1.165, 1.54) is 0 Å². The molecule has 2 aromatic rings. The first kappa shape index (κ1) is 20.9. The number of hydrogen-bond acceptors (Lipinski definition) is 3. The maximum absolute atomic E-state index is 13.1. The molecule has 0 fully saturated rings. The molecule has 0 amide bonds. The highest BCUT2D eigenvalue weighted by atomic mass is 19.3. The van der Waals surface area contributed by atoms with Crippen molar-refractivity contribution in [3.8, 4) is 0 Å². The highest BCUT2D eigenvalue weighted by molar-refractivity contribution is 5.77. The van der Waals surface area contributed by atoms with E-state index in [1.54, 1.807) is 67.6 Å². The zero-order valence-electron chi connectivity index (χ0n) is 14.7. The van der Waals surface area contributed by atoms with Gasteiger partial charge < -0.3 is 9.47 Å². The Bertz CT molecular complexity index is 668. The quantitative estimate of drug-likeness (QED) is 0.466. The van der Waals surface area contributed by atoms with Crippen LogP contribution in [0.5, 0.6) is 0 Å². The van der Waals surface area contributed by atoms with E-state index in [1.807, 2.05) is 0 Å². The molecule has 3 nitrogen and oxygen atoms in total. The van der Waals surface area contributed by atoms with Crippen molar-refractivity contribution < 1.29 is 31.8 Å². The van der Waals surface area contributed by atoms with Crippen molar-refractivity contribution in [1.29, 1.82) is 0 Å². The average molecular weight is 384 g/mol. The van der Waals surface area contributed by atoms with Gasteiger partial charge in [-0.25, -0.2) is 13.6 Å². The normalized spacial score (nSPS) is 13.0. The molecule has 0 bridgehead atoms. The lowest BCUT2D eigenvalue weighted by Crippen LogP contribution is -2.39. The number of esters is 1. The molecular formula is C20H20F4O3. The molecule has 0 aliphatic carbocycles. The van der Waals surface area contributed by atoms with Crippen molar-refractivity contribution in [2.75, 3.05) is 13.2 Å². The molecule has 7 heteroatoms. The maximum atomic E-state index is 13.1. The fraction of sp³-hybridized carbons (Fsp3) is 0.350. The Kier molecular flexibility index (Phi) is 7.36. The number of halogens is 4. The largest absolute Gasteiger partial charge is 0.457 e. The van der Waals surface area contributed by atoms with Gasteiger partial charge in [-0.05, 0) is 18.1 Å². The highest BCUT2D eigenvalue weighted by Gasteiger charge is 2.43. The van der Waals surface area contributed by atoms with Crippen LogP contribution >= 0.6 is 0 Å². The van der Waals surface area contributed by atoms with Crippen molar-refractivity contribution >= 4 is 5.97 Å². The summed E-state index contributed by atoms with van der Waals surface area (Å²) in [4.78, 5) is 12.5. The van der Waals surface area contributed by atoms with Crippen molar-refractivity contribution in [2.45, 2.75) is 31.3 Å². The molecule has 0 aliphatic rings. The molecule has 0 heterocycles. The molecule has 0 saturated carbocycles. The molecule has 1 unspecified atom stereocenters. The molecule has 146 valence electrons. The fourth-order valence-corrected chi connectivity index (χ4v) is 2.66. The van der Waals surface area contributed by atoms with E-state index in [4.69, 9.17) is 4.74 Å². The average Bonchev–Trinajstić information content (AvgIpc) is 2.67. The van der Waals surface area contributed by atoms with E-state index in [2.05, 4.69) is 4.74 Å². The Morgan fingerprint density at radius 2 is 1.44 bits per heavy atom. The van der Waals surface area contributed by atoms with E-state index in [0.717, 1.165) is 0 Å². The molecule has 0 N–H and O–H groups in total. The van der Waals surface area contributed by atoms with Gasteiger partial charge in [0.2, 0.25) is 0 Å². The summed E-state index contributed by atoms with van der Waals surface area (Å²) in [7, 11) is 0. The van der Waals surface area contributed by atoms with Crippen LogP contribution in [0.4, 0.5) is 17.6 Å². The first-order valence-corrected chi connectivity index (χ1v) is 8.41. The molecule has 27 heavy (non-hydrogen) atoms. The van der Waals surface area contributed by atoms with E-state index < -0.39 is 36.9 Å². The van der Waals surface area contributed by atoms with Gasteiger partial charge in [-0.3, -0.25) is 0 Å². The molecule has 0 aromatic heterocycles. The Labute approximate surface area is 154 Å². The SMILES string of the molecule is CCOC(C(=O)OCC(F)(F)C(F)F)C(c1ccccc1)c1ccccc1. The van der Waals surface area contributed by atoms with Gasteiger partial charge in [-0.15, -0.1) is 0 Å². The third-order valence-electron chi connectivity index (χ3n) is 3.92. The molecule has 2 rings (SSSR count). The second kappa shape index (κ2) is 9.50. The van der Waals surface area contributed by atoms with E-state index >= 15 is 0 Å². The molecule has 0 saturated heterocycles. The molecular weight excluding hydrogens is 364 g/mol. The molecule has 0 spiro atoms. The van der Waals surface area contributed by atoms with Crippen molar-refractivity contribution in [3.63, 3.8) is 0 Å². The number of hydrogen-bond donors (Lipinski definition) is 0. The van der Waals surface area contributed by atoms with E-state index in [-0.39, 0.29) is 6.61 Å². The number of ether oxygens (including phenoxy) is 2. The highest BCUT2D eigenvalue weighted by Crippen LogP contribution is 2.31. The summed E-state index contributed by atoms with van der Waals surface area (Å²) in [6.07, 6.45) is -5.18. The lowest BCUT2D eigenvalue weighted by molar-refractivity contribution is -0.188. The van der Waals surface area contributed by atoms with Crippen LogP contribution in [0, 0.1) is 0 Å². The third-order valence-corrected chi connectivity index (χ3v) is 3.92. The minimum atomic E-state index is -4.42. The molecule has 1 atom stereocenters. The summed E-state index contributed by atoms with van der Waals surface area (Å²) in [5.74, 6) is -6.17. The Hall–Kier alpha value is -2.41. The van der Waals surface area contributed by atoms with Crippen LogP contribution in [0.1, 0.15) is 24.0 Å². The Morgan fingerprint density at radius 3 is 1.85 bits per heavy atom. The van der Waals surface area contributed by atoms with Crippen LogP contribution in [-0.4, -0.2) is 37.6 Å². The van der Waals surface area contributed by atoms with E-state index in [9.17, 15) is 22.4 Å². The summed E-state index contributed by atoms with van der Waals surface area (Å²) in [5.41, 5.74) is 1.42. The number of rotatable bonds is 9. The van der Waals surface area contributed by atoms with Gasteiger partial charge in [0.1, 0.15) is 0 Å². The summed E-state index contributed by atoms with van der Waals surface area (Å²) in [6, 6.07) is 17.7. The van der Waals surface area contributed by atoms with Gasteiger partial charge in [-0.2, -0.15) is 8.78 Å². The van der Waals surface area contributed by atoms with Crippen LogP contribution in [0.2, 0.25) is 0 Å². The van der Waals surface area contributed by atoms with Gasteiger partial charge in [0.15, 0.2) is 12.7 Å². The standard InChI is InChI=1S/C20H20F4O3/c1-2-26-17(18(25)27-13-20(23,24)19(21)22)16(14-9-5-3-6-10-14)15-11-7-4-8-12-15/h3-12,16-17,19H,2,13H2,1H3. The minimum Gasteiger partial charge on any atom is -0.457 e. The number of carbonyl (C=O) groups is 1. The summed E-state index contributed by atoms with van der Waals surface area (Å²) < 4.78 is 60.9. The number of benzene rings is 2. The summed E-state index contributed by atoms with van der Waals surface area (Å²) in [6.45, 7) is 0.0473. The van der Waals surface area contributed by atoms with Crippen LogP contribution in [0.3, 0.4) is 0 Å². The Balaban J connectivity index is 2.32. The summed E-state index contributed by atoms with van der Waals surface area (Å²) >= 11 is 0. The lowest BCUT2D eigenvalue weighted by atomic mass is 9.86. The zero-order chi connectivity index (χ0) is 19.9. The van der Waals surface area contributed by atoms with Gasteiger partial charge in [0.05, 0.1) is 0 Å². The van der Waals surface area contributed by atoms with Crippen molar-refractivity contribution in [1.82, 2.24) is 0 Å². The monoisotopic (exact) mass is 384 g/mol. The van der Waals surface area contributed by atoms with Gasteiger partial charge in [0, 0.05) is 12.5 Å². The number of alkyl halides is 4. The predicted octanol–water partition coefficient (Wildman–Crippen LogP) is 4.67. The third kappa shape index (κ3) is 5.53. The first-order valence-electron chi connectivity index (χ1n) is 8.41. The lowest BCUT2D eigenvalue weighted by Gasteiger charge is -2.27. The zero-order valence-corrected chi connectivity index (χ0v) is 14.7. The molecule has 0 radical (unpaired) electrons. The summed E-state index contributed by atoms with van der Waals surface area (Å²) in [5, 5.41) is 0. The first-order chi connectivity index (χ1) is 12.9. The van der Waals surface area contributed by atoms with Crippen LogP contribution < -0.4 is 0 Å². The second-order valence-corrected chi connectivity index (χ2v) is 5.84. The van der Waals surface area contributed by atoms with Crippen molar-refractivity contribution in [2.24, 2.45) is 0 Å². The number of carbonyl (C=O) groups excluding carboxylic acids is 1. The smallest absolute Gasteiger partial charge is 0.340 e. The van der Waals surface area contributed by atoms with Crippen LogP contribution in [0.15, 0.2) is 60.7 Å². The minimum absolute atomic E-state index is 0.112. The fourth-order valence-electron chi connectivity index (χ4n) is 2.66. The molecule has 0 aliphatic heterocycles. The Morgan fingerprint density at radius 1 is 0.963 bits per heavy atom. The topological polar surface area (TPSA) is 35.5 Å². The van der Waals surface area contributed by atoms with Gasteiger partial charge in [0.25, 0.3) is 0 Å². The van der Waals surface area contributed by atoms with Gasteiger partial charge in [-0.1, -0.05) is 60.7 Å². The predicted molar refractivity (Wildman–Crippen MR) is 92.1 cm³/mol. The molecule has 2 aromatic carbocycles. The van der Waals surface area contributed by atoms with Crippen LogP contribution in [0.25, 0.3) is 0 Å². The van der Waals surface area contributed by atoms with E-state index in [0.29, 0.717) is 11.1 Å². The second-order valence-electron chi connectivity index (χ2n) is 5.84. The van der Waals surface area contributed by atoms with Crippen molar-refractivity contribution in [3.05, 3.63) is 71.8 Å². The maximum Gasteiger partial charge on any atom is 0.340 e. The van der Waals surface area contributed by atoms with Gasteiger partial charge >= 0.3 is 18.3 Å². The van der Waals surface area contributed by atoms with Crippen LogP contribution in [-0.2, 0) is 14.3 Å².